The Morgan fingerprint density at radius 2 is 2.22 bits per heavy atom. The lowest BCUT2D eigenvalue weighted by Crippen LogP contribution is -2.28. The number of rotatable bonds is 7. The molecule has 0 saturated carbocycles. The van der Waals surface area contributed by atoms with Crippen LogP contribution in [0.15, 0.2) is 24.3 Å². The SMILES string of the molecule is OCCOCCCNC1CCOc2ccccc21. The van der Waals surface area contributed by atoms with Gasteiger partial charge in [0, 0.05) is 24.6 Å². The molecule has 0 saturated heterocycles. The van der Waals surface area contributed by atoms with Crippen LogP contribution in [0.4, 0.5) is 0 Å². The minimum atomic E-state index is 0.0980. The highest BCUT2D eigenvalue weighted by Crippen LogP contribution is 2.31. The predicted molar refractivity (Wildman–Crippen MR) is 69.8 cm³/mol. The molecule has 1 heterocycles. The van der Waals surface area contributed by atoms with Crippen LogP contribution >= 0.6 is 0 Å². The molecular formula is C14H21NO3. The number of para-hydroxylation sites is 1. The van der Waals surface area contributed by atoms with Gasteiger partial charge in [0.25, 0.3) is 0 Å². The summed E-state index contributed by atoms with van der Waals surface area (Å²) in [6.07, 6.45) is 1.97. The summed E-state index contributed by atoms with van der Waals surface area (Å²) in [7, 11) is 0. The second-order valence-electron chi connectivity index (χ2n) is 4.37. The van der Waals surface area contributed by atoms with Gasteiger partial charge in [-0.2, -0.15) is 0 Å². The van der Waals surface area contributed by atoms with Crippen LogP contribution in [-0.2, 0) is 4.74 Å². The van der Waals surface area contributed by atoms with E-state index in [0.29, 0.717) is 19.3 Å². The maximum atomic E-state index is 8.58. The van der Waals surface area contributed by atoms with Gasteiger partial charge in [-0.3, -0.25) is 0 Å². The fourth-order valence-corrected chi connectivity index (χ4v) is 2.17. The summed E-state index contributed by atoms with van der Waals surface area (Å²) in [5, 5.41) is 12.1. The second-order valence-corrected chi connectivity index (χ2v) is 4.37. The number of hydrogen-bond acceptors (Lipinski definition) is 4. The highest BCUT2D eigenvalue weighted by Gasteiger charge is 2.19. The third-order valence-corrected chi connectivity index (χ3v) is 3.05. The summed E-state index contributed by atoms with van der Waals surface area (Å²) in [5.41, 5.74) is 1.25. The molecule has 0 amide bonds. The topological polar surface area (TPSA) is 50.7 Å². The summed E-state index contributed by atoms with van der Waals surface area (Å²) in [4.78, 5) is 0. The second kappa shape index (κ2) is 7.36. The average molecular weight is 251 g/mol. The summed E-state index contributed by atoms with van der Waals surface area (Å²) >= 11 is 0. The van der Waals surface area contributed by atoms with Crippen LogP contribution in [0.3, 0.4) is 0 Å². The molecule has 100 valence electrons. The summed E-state index contributed by atoms with van der Waals surface area (Å²) in [6.45, 7) is 2.92. The van der Waals surface area contributed by atoms with Crippen LogP contribution in [0, 0.1) is 0 Å². The molecule has 1 unspecified atom stereocenters. The Balaban J connectivity index is 1.74. The Hall–Kier alpha value is -1.10. The minimum absolute atomic E-state index is 0.0980. The molecule has 4 heteroatoms. The Bertz CT molecular complexity index is 357. The molecule has 0 radical (unpaired) electrons. The molecular weight excluding hydrogens is 230 g/mol. The van der Waals surface area contributed by atoms with Gasteiger partial charge in [-0.1, -0.05) is 18.2 Å². The van der Waals surface area contributed by atoms with E-state index in [2.05, 4.69) is 11.4 Å². The van der Waals surface area contributed by atoms with Crippen molar-refractivity contribution in [3.05, 3.63) is 29.8 Å². The minimum Gasteiger partial charge on any atom is -0.493 e. The quantitative estimate of drug-likeness (QED) is 0.721. The molecule has 0 spiro atoms. The zero-order valence-electron chi connectivity index (χ0n) is 10.6. The number of aliphatic hydroxyl groups excluding tert-OH is 1. The fraction of sp³-hybridized carbons (Fsp3) is 0.571. The number of fused-ring (bicyclic) bond motifs is 1. The van der Waals surface area contributed by atoms with Gasteiger partial charge in [-0.15, -0.1) is 0 Å². The van der Waals surface area contributed by atoms with Crippen LogP contribution < -0.4 is 10.1 Å². The van der Waals surface area contributed by atoms with Crippen molar-refractivity contribution in [3.8, 4) is 5.75 Å². The molecule has 1 aliphatic rings. The van der Waals surface area contributed by atoms with E-state index in [1.165, 1.54) is 5.56 Å². The first-order valence-corrected chi connectivity index (χ1v) is 6.55. The summed E-state index contributed by atoms with van der Waals surface area (Å²) < 4.78 is 10.8. The lowest BCUT2D eigenvalue weighted by atomic mass is 10.0. The first-order chi connectivity index (χ1) is 8.92. The van der Waals surface area contributed by atoms with E-state index < -0.39 is 0 Å². The van der Waals surface area contributed by atoms with Gasteiger partial charge in [-0.25, -0.2) is 0 Å². The van der Waals surface area contributed by atoms with Crippen LogP contribution in [0.1, 0.15) is 24.4 Å². The largest absolute Gasteiger partial charge is 0.493 e. The first kappa shape index (κ1) is 13.3. The average Bonchev–Trinajstić information content (AvgIpc) is 2.43. The monoisotopic (exact) mass is 251 g/mol. The number of hydrogen-bond donors (Lipinski definition) is 2. The molecule has 0 bridgehead atoms. The van der Waals surface area contributed by atoms with E-state index in [0.717, 1.165) is 31.7 Å². The van der Waals surface area contributed by atoms with E-state index in [9.17, 15) is 0 Å². The Kier molecular flexibility index (Phi) is 5.45. The lowest BCUT2D eigenvalue weighted by molar-refractivity contribution is 0.0901. The number of ether oxygens (including phenoxy) is 2. The van der Waals surface area contributed by atoms with E-state index in [1.807, 2.05) is 18.2 Å². The third kappa shape index (κ3) is 3.70. The Labute approximate surface area is 108 Å². The Morgan fingerprint density at radius 3 is 3.11 bits per heavy atom. The molecule has 4 nitrogen and oxygen atoms in total. The van der Waals surface area contributed by atoms with Crippen molar-refractivity contribution >= 4 is 0 Å². The van der Waals surface area contributed by atoms with E-state index in [4.69, 9.17) is 14.6 Å². The molecule has 1 aliphatic heterocycles. The summed E-state index contributed by atoms with van der Waals surface area (Å²) in [6, 6.07) is 8.58. The first-order valence-electron chi connectivity index (χ1n) is 6.55. The number of benzene rings is 1. The van der Waals surface area contributed by atoms with Gasteiger partial charge < -0.3 is 19.9 Å². The maximum absolute atomic E-state index is 8.58. The lowest BCUT2D eigenvalue weighted by Gasteiger charge is -2.26. The van der Waals surface area contributed by atoms with Crippen molar-refractivity contribution in [1.82, 2.24) is 5.32 Å². The molecule has 1 atom stereocenters. The van der Waals surface area contributed by atoms with E-state index in [-0.39, 0.29) is 6.61 Å². The van der Waals surface area contributed by atoms with Crippen LogP contribution in [0.2, 0.25) is 0 Å². The molecule has 0 fully saturated rings. The molecule has 1 aromatic rings. The third-order valence-electron chi connectivity index (χ3n) is 3.05. The predicted octanol–water partition coefficient (Wildman–Crippen LogP) is 1.50. The molecule has 2 rings (SSSR count). The van der Waals surface area contributed by atoms with Gasteiger partial charge in [0.2, 0.25) is 0 Å². The van der Waals surface area contributed by atoms with Gasteiger partial charge in [0.15, 0.2) is 0 Å². The zero-order chi connectivity index (χ0) is 12.6. The molecule has 18 heavy (non-hydrogen) atoms. The molecule has 2 N–H and O–H groups in total. The van der Waals surface area contributed by atoms with E-state index in [1.54, 1.807) is 0 Å². The molecule has 0 aromatic heterocycles. The highest BCUT2D eigenvalue weighted by atomic mass is 16.5. The van der Waals surface area contributed by atoms with Gasteiger partial charge in [0.05, 0.1) is 19.8 Å². The van der Waals surface area contributed by atoms with Crippen LogP contribution in [0.5, 0.6) is 5.75 Å². The van der Waals surface area contributed by atoms with Gasteiger partial charge >= 0.3 is 0 Å². The van der Waals surface area contributed by atoms with Crippen LogP contribution in [0.25, 0.3) is 0 Å². The van der Waals surface area contributed by atoms with Crippen molar-refractivity contribution in [1.29, 1.82) is 0 Å². The van der Waals surface area contributed by atoms with Gasteiger partial charge in [-0.05, 0) is 19.0 Å². The normalized spacial score (nSPS) is 18.2. The zero-order valence-corrected chi connectivity index (χ0v) is 10.6. The van der Waals surface area contributed by atoms with Crippen LogP contribution in [-0.4, -0.2) is 38.1 Å². The van der Waals surface area contributed by atoms with Crippen molar-refractivity contribution in [2.75, 3.05) is 33.0 Å². The number of nitrogens with one attached hydrogen (secondary N) is 1. The number of aliphatic hydroxyl groups is 1. The van der Waals surface area contributed by atoms with Crippen molar-refractivity contribution in [3.63, 3.8) is 0 Å². The smallest absolute Gasteiger partial charge is 0.124 e. The maximum Gasteiger partial charge on any atom is 0.124 e. The van der Waals surface area contributed by atoms with E-state index >= 15 is 0 Å². The van der Waals surface area contributed by atoms with Crippen molar-refractivity contribution in [2.24, 2.45) is 0 Å². The Morgan fingerprint density at radius 1 is 1.33 bits per heavy atom. The summed E-state index contributed by atoms with van der Waals surface area (Å²) in [5.74, 6) is 0.998. The standard InChI is InChI=1S/C14H21NO3/c16-8-11-17-9-3-7-15-13-6-10-18-14-5-2-1-4-12(13)14/h1-2,4-5,13,15-16H,3,6-11H2. The van der Waals surface area contributed by atoms with Gasteiger partial charge in [0.1, 0.15) is 5.75 Å². The van der Waals surface area contributed by atoms with Crippen molar-refractivity contribution in [2.45, 2.75) is 18.9 Å². The molecule has 0 aliphatic carbocycles. The highest BCUT2D eigenvalue weighted by molar-refractivity contribution is 5.37. The fourth-order valence-electron chi connectivity index (χ4n) is 2.17. The van der Waals surface area contributed by atoms with Crippen molar-refractivity contribution < 1.29 is 14.6 Å². The molecule has 1 aromatic carbocycles.